The molecule has 0 saturated carbocycles. The van der Waals surface area contributed by atoms with Gasteiger partial charge in [-0.15, -0.1) is 0 Å². The van der Waals surface area contributed by atoms with Gasteiger partial charge in [0.2, 0.25) is 5.75 Å². The summed E-state index contributed by atoms with van der Waals surface area (Å²) < 4.78 is 13.9. The quantitative estimate of drug-likeness (QED) is 0.554. The third kappa shape index (κ3) is 1.76. The third-order valence-electron chi connectivity index (χ3n) is 2.93. The molecule has 0 aliphatic heterocycles. The maximum Gasteiger partial charge on any atom is 0.311 e. The first-order valence-electron chi connectivity index (χ1n) is 5.69. The average Bonchev–Trinajstić information content (AvgIpc) is 2.81. The maximum absolute atomic E-state index is 13.9. The molecule has 0 spiro atoms. The summed E-state index contributed by atoms with van der Waals surface area (Å²) in [4.78, 5) is 17.0. The van der Waals surface area contributed by atoms with Gasteiger partial charge in [-0.2, -0.15) is 0 Å². The van der Waals surface area contributed by atoms with E-state index in [4.69, 9.17) is 0 Å². The highest BCUT2D eigenvalue weighted by molar-refractivity contribution is 5.81. The van der Waals surface area contributed by atoms with Crippen LogP contribution < -0.4 is 0 Å². The number of nitro groups is 1. The summed E-state index contributed by atoms with van der Waals surface area (Å²) >= 11 is 0. The number of nitro benzene ring substituents is 1. The van der Waals surface area contributed by atoms with Gasteiger partial charge in [-0.1, -0.05) is 12.1 Å². The molecule has 0 amide bonds. The van der Waals surface area contributed by atoms with E-state index in [1.165, 1.54) is 0 Å². The number of aromatic hydroxyl groups is 1. The predicted molar refractivity (Wildman–Crippen MR) is 69.8 cm³/mol. The fourth-order valence-electron chi connectivity index (χ4n) is 2.00. The fourth-order valence-corrected chi connectivity index (χ4v) is 2.00. The van der Waals surface area contributed by atoms with Crippen LogP contribution in [0.4, 0.5) is 10.1 Å². The smallest absolute Gasteiger partial charge is 0.311 e. The second-order valence-corrected chi connectivity index (χ2v) is 4.15. The number of phenols is 1. The zero-order chi connectivity index (χ0) is 14.3. The minimum absolute atomic E-state index is 0.0462. The number of aromatic nitrogens is 2. The lowest BCUT2D eigenvalue weighted by Crippen LogP contribution is -1.94. The van der Waals surface area contributed by atoms with Gasteiger partial charge in [-0.3, -0.25) is 10.1 Å². The standard InChI is InChI=1S/C13H8FN3O3/c14-7-5-6-10(17(19)20)12(18)11(7)13-15-8-3-1-2-4-9(8)16-13/h1-6,18H,(H,15,16). The molecule has 0 fully saturated rings. The summed E-state index contributed by atoms with van der Waals surface area (Å²) in [5.41, 5.74) is 0.345. The van der Waals surface area contributed by atoms with Gasteiger partial charge >= 0.3 is 5.69 Å². The Morgan fingerprint density at radius 2 is 2.00 bits per heavy atom. The van der Waals surface area contributed by atoms with Crippen molar-refractivity contribution < 1.29 is 14.4 Å². The van der Waals surface area contributed by atoms with Crippen LogP contribution in [0.25, 0.3) is 22.4 Å². The van der Waals surface area contributed by atoms with Crippen LogP contribution in [0.2, 0.25) is 0 Å². The number of imidazole rings is 1. The Morgan fingerprint density at radius 1 is 1.25 bits per heavy atom. The average molecular weight is 273 g/mol. The van der Waals surface area contributed by atoms with Crippen LogP contribution in [0.3, 0.4) is 0 Å². The predicted octanol–water partition coefficient (Wildman–Crippen LogP) is 2.98. The van der Waals surface area contributed by atoms with E-state index in [-0.39, 0.29) is 11.4 Å². The van der Waals surface area contributed by atoms with E-state index >= 15 is 0 Å². The monoisotopic (exact) mass is 273 g/mol. The van der Waals surface area contributed by atoms with E-state index in [0.717, 1.165) is 12.1 Å². The summed E-state index contributed by atoms with van der Waals surface area (Å²) in [7, 11) is 0. The normalized spacial score (nSPS) is 10.8. The molecule has 0 radical (unpaired) electrons. The molecule has 3 aromatic rings. The lowest BCUT2D eigenvalue weighted by Gasteiger charge is -2.03. The van der Waals surface area contributed by atoms with Gasteiger partial charge in [0, 0.05) is 6.07 Å². The molecule has 7 heteroatoms. The minimum atomic E-state index is -0.785. The topological polar surface area (TPSA) is 92.0 Å². The maximum atomic E-state index is 13.9. The number of hydrogen-bond donors (Lipinski definition) is 2. The van der Waals surface area contributed by atoms with Gasteiger partial charge in [0.05, 0.1) is 16.0 Å². The van der Waals surface area contributed by atoms with E-state index < -0.39 is 22.2 Å². The molecule has 6 nitrogen and oxygen atoms in total. The van der Waals surface area contributed by atoms with E-state index in [1.807, 2.05) is 0 Å². The van der Waals surface area contributed by atoms with Crippen LogP contribution in [-0.2, 0) is 0 Å². The number of rotatable bonds is 2. The summed E-state index contributed by atoms with van der Waals surface area (Å²) in [6, 6.07) is 8.82. The number of benzene rings is 2. The summed E-state index contributed by atoms with van der Waals surface area (Å²) in [6.45, 7) is 0. The Kier molecular flexibility index (Phi) is 2.60. The lowest BCUT2D eigenvalue weighted by atomic mass is 10.1. The van der Waals surface area contributed by atoms with Crippen molar-refractivity contribution in [3.8, 4) is 17.1 Å². The van der Waals surface area contributed by atoms with Gasteiger partial charge < -0.3 is 10.1 Å². The molecule has 3 rings (SSSR count). The van der Waals surface area contributed by atoms with Crippen molar-refractivity contribution in [3.63, 3.8) is 0 Å². The minimum Gasteiger partial charge on any atom is -0.502 e. The van der Waals surface area contributed by atoms with Crippen LogP contribution >= 0.6 is 0 Å². The van der Waals surface area contributed by atoms with Crippen LogP contribution in [0.15, 0.2) is 36.4 Å². The highest BCUT2D eigenvalue weighted by Crippen LogP contribution is 2.38. The Balaban J connectivity index is 2.28. The fraction of sp³-hybridized carbons (Fsp3) is 0. The first-order valence-corrected chi connectivity index (χ1v) is 5.69. The molecule has 20 heavy (non-hydrogen) atoms. The Bertz CT molecular complexity index is 796. The van der Waals surface area contributed by atoms with Gasteiger partial charge in [-0.05, 0) is 18.2 Å². The highest BCUT2D eigenvalue weighted by Gasteiger charge is 2.23. The van der Waals surface area contributed by atoms with Crippen molar-refractivity contribution in [2.45, 2.75) is 0 Å². The molecule has 1 aromatic heterocycles. The van der Waals surface area contributed by atoms with Crippen LogP contribution in [-0.4, -0.2) is 20.0 Å². The van der Waals surface area contributed by atoms with Crippen LogP contribution in [0.1, 0.15) is 0 Å². The van der Waals surface area contributed by atoms with Gasteiger partial charge in [-0.25, -0.2) is 9.37 Å². The number of nitrogens with one attached hydrogen (secondary N) is 1. The third-order valence-corrected chi connectivity index (χ3v) is 2.93. The van der Waals surface area contributed by atoms with E-state index in [0.29, 0.717) is 11.0 Å². The first kappa shape index (κ1) is 12.1. The number of aromatic amines is 1. The molecule has 2 aromatic carbocycles. The zero-order valence-electron chi connectivity index (χ0n) is 10.0. The van der Waals surface area contributed by atoms with Gasteiger partial charge in [0.1, 0.15) is 17.2 Å². The summed E-state index contributed by atoms with van der Waals surface area (Å²) in [6.07, 6.45) is 0. The number of phenolic OH excluding ortho intramolecular Hbond substituents is 1. The molecular formula is C13H8FN3O3. The molecule has 0 saturated heterocycles. The Hall–Kier alpha value is -2.96. The lowest BCUT2D eigenvalue weighted by molar-refractivity contribution is -0.385. The van der Waals surface area contributed by atoms with E-state index in [2.05, 4.69) is 9.97 Å². The van der Waals surface area contributed by atoms with Crippen molar-refractivity contribution in [2.24, 2.45) is 0 Å². The number of para-hydroxylation sites is 2. The largest absolute Gasteiger partial charge is 0.502 e. The molecule has 2 N–H and O–H groups in total. The number of halogens is 1. The van der Waals surface area contributed by atoms with Crippen molar-refractivity contribution in [2.75, 3.05) is 0 Å². The molecule has 100 valence electrons. The molecule has 0 bridgehead atoms. The number of H-pyrrole nitrogens is 1. The van der Waals surface area contributed by atoms with Crippen molar-refractivity contribution in [1.82, 2.24) is 9.97 Å². The van der Waals surface area contributed by atoms with E-state index in [1.54, 1.807) is 24.3 Å². The van der Waals surface area contributed by atoms with Crippen molar-refractivity contribution >= 4 is 16.7 Å². The Morgan fingerprint density at radius 3 is 2.70 bits per heavy atom. The van der Waals surface area contributed by atoms with Gasteiger partial charge in [0.25, 0.3) is 0 Å². The molecule has 0 atom stereocenters. The molecular weight excluding hydrogens is 265 g/mol. The first-order chi connectivity index (χ1) is 9.58. The summed E-state index contributed by atoms with van der Waals surface area (Å²) in [5.74, 6) is -1.48. The summed E-state index contributed by atoms with van der Waals surface area (Å²) in [5, 5.41) is 20.7. The van der Waals surface area contributed by atoms with E-state index in [9.17, 15) is 19.6 Å². The van der Waals surface area contributed by atoms with Crippen molar-refractivity contribution in [3.05, 3.63) is 52.3 Å². The number of fused-ring (bicyclic) bond motifs is 1. The second-order valence-electron chi connectivity index (χ2n) is 4.15. The van der Waals surface area contributed by atoms with Crippen LogP contribution in [0.5, 0.6) is 5.75 Å². The molecule has 0 aliphatic carbocycles. The van der Waals surface area contributed by atoms with Crippen molar-refractivity contribution in [1.29, 1.82) is 0 Å². The second kappa shape index (κ2) is 4.30. The molecule has 0 aliphatic rings. The number of hydrogen-bond acceptors (Lipinski definition) is 4. The Labute approximate surface area is 111 Å². The zero-order valence-corrected chi connectivity index (χ0v) is 10.0. The molecule has 1 heterocycles. The van der Waals surface area contributed by atoms with Gasteiger partial charge in [0.15, 0.2) is 0 Å². The molecule has 0 unspecified atom stereocenters. The number of nitrogens with zero attached hydrogens (tertiary/aromatic N) is 2. The SMILES string of the molecule is O=[N+]([O-])c1ccc(F)c(-c2nc3ccccc3[nH]2)c1O. The highest BCUT2D eigenvalue weighted by atomic mass is 19.1. The van der Waals surface area contributed by atoms with Crippen LogP contribution in [0, 0.1) is 15.9 Å².